The molecule has 10 rings (SSSR count). The first-order chi connectivity index (χ1) is 36.6. The van der Waals surface area contributed by atoms with Crippen LogP contribution in [0.15, 0.2) is 200 Å². The van der Waals surface area contributed by atoms with Crippen molar-refractivity contribution in [2.75, 3.05) is 0 Å². The fourth-order valence-electron chi connectivity index (χ4n) is 8.80. The van der Waals surface area contributed by atoms with Crippen molar-refractivity contribution in [3.05, 3.63) is 297 Å². The van der Waals surface area contributed by atoms with Gasteiger partial charge in [-0.3, -0.25) is 30.3 Å². The van der Waals surface area contributed by atoms with Crippen molar-refractivity contribution >= 4 is 122 Å². The molecule has 0 aliphatic rings. The molecule has 0 saturated heterocycles. The molecule has 0 fully saturated rings. The van der Waals surface area contributed by atoms with E-state index in [4.69, 9.17) is 0 Å². The van der Waals surface area contributed by atoms with Gasteiger partial charge in [-0.25, -0.2) is 0 Å². The van der Waals surface area contributed by atoms with E-state index in [2.05, 4.69) is 164 Å². The van der Waals surface area contributed by atoms with Crippen LogP contribution in [0.1, 0.15) is 66.8 Å². The summed E-state index contributed by atoms with van der Waals surface area (Å²) < 4.78 is 0. The van der Waals surface area contributed by atoms with Crippen LogP contribution in [0.25, 0.3) is 105 Å². The van der Waals surface area contributed by atoms with Crippen LogP contribution in [0.3, 0.4) is 0 Å². The molecule has 360 valence electrons. The van der Waals surface area contributed by atoms with Gasteiger partial charge in [0.2, 0.25) is 0 Å². The van der Waals surface area contributed by atoms with Gasteiger partial charge in [-0.15, -0.1) is 0 Å². The summed E-state index contributed by atoms with van der Waals surface area (Å²) in [6, 6.07) is 64.2. The van der Waals surface area contributed by atoms with Gasteiger partial charge in [0.05, 0.1) is 14.8 Å². The van der Waals surface area contributed by atoms with E-state index in [1.807, 2.05) is 36.5 Å². The van der Waals surface area contributed by atoms with E-state index < -0.39 is 14.8 Å². The molecule has 0 aliphatic heterocycles. The number of rotatable bonds is 15. The first kappa shape index (κ1) is 48.3. The van der Waals surface area contributed by atoms with Crippen molar-refractivity contribution in [1.82, 2.24) is 0 Å². The number of non-ortho nitro benzene ring substituents is 3. The number of benzene rings is 10. The average Bonchev–Trinajstić information content (AvgIpc) is 3.45. The largest absolute Gasteiger partial charge is 0.269 e. The topological polar surface area (TPSA) is 129 Å². The second kappa shape index (κ2) is 21.9. The standard InChI is InChI=1S/C66H45N3O6/c70-67(71)58-34-25-52(26-35-58)16-13-46-1-7-49(8-2-46)19-22-55-31-40-61-64(43-55)62-41-32-56(23-20-50-9-3-47(4-10-50)14-17-53-27-36-59(37-28-53)68(72)73)45-66(62)63-42-33-57(44-65(61)63)24-21-51-11-5-48(6-12-51)15-18-54-29-38-60(39-30-54)69(74)75/h1-45H/b16-13+,17-14+,18-15+,22-19+,23-20+,24-21+. The molecule has 0 aliphatic carbocycles. The normalized spacial score (nSPS) is 12.0. The Morgan fingerprint density at radius 2 is 0.347 bits per heavy atom. The zero-order chi connectivity index (χ0) is 51.7. The first-order valence-corrected chi connectivity index (χ1v) is 24.1. The summed E-state index contributed by atoms with van der Waals surface area (Å²) in [6.45, 7) is 0. The molecular formula is C66H45N3O6. The molecule has 0 unspecified atom stereocenters. The second-order valence-electron chi connectivity index (χ2n) is 18.0. The van der Waals surface area contributed by atoms with Gasteiger partial charge in [-0.1, -0.05) is 182 Å². The van der Waals surface area contributed by atoms with Gasteiger partial charge in [0.25, 0.3) is 17.1 Å². The van der Waals surface area contributed by atoms with Crippen LogP contribution >= 0.6 is 0 Å². The minimum Gasteiger partial charge on any atom is -0.258 e. The van der Waals surface area contributed by atoms with Crippen molar-refractivity contribution in [3.63, 3.8) is 0 Å². The van der Waals surface area contributed by atoms with Crippen molar-refractivity contribution < 1.29 is 14.8 Å². The van der Waals surface area contributed by atoms with Crippen molar-refractivity contribution in [3.8, 4) is 0 Å². The maximum absolute atomic E-state index is 11.0. The molecule has 75 heavy (non-hydrogen) atoms. The zero-order valence-corrected chi connectivity index (χ0v) is 40.3. The fraction of sp³-hybridized carbons (Fsp3) is 0. The van der Waals surface area contributed by atoms with Crippen LogP contribution in [0.2, 0.25) is 0 Å². The molecular weight excluding hydrogens is 931 g/mol. The summed E-state index contributed by atoms with van der Waals surface area (Å²) in [7, 11) is 0. The Morgan fingerprint density at radius 1 is 0.200 bits per heavy atom. The summed E-state index contributed by atoms with van der Waals surface area (Å²) in [6.07, 6.45) is 24.6. The van der Waals surface area contributed by atoms with E-state index in [0.717, 1.165) is 99.1 Å². The Balaban J connectivity index is 0.922. The van der Waals surface area contributed by atoms with Gasteiger partial charge in [0.15, 0.2) is 0 Å². The van der Waals surface area contributed by atoms with E-state index in [1.54, 1.807) is 36.4 Å². The number of hydrogen-bond acceptors (Lipinski definition) is 6. The van der Waals surface area contributed by atoms with Crippen LogP contribution in [-0.2, 0) is 0 Å². The van der Waals surface area contributed by atoms with Gasteiger partial charge < -0.3 is 0 Å². The number of nitrogens with zero attached hydrogens (tertiary/aromatic N) is 3. The van der Waals surface area contributed by atoms with E-state index in [-0.39, 0.29) is 17.1 Å². The van der Waals surface area contributed by atoms with E-state index >= 15 is 0 Å². The molecule has 9 nitrogen and oxygen atoms in total. The molecule has 9 heteroatoms. The zero-order valence-electron chi connectivity index (χ0n) is 40.3. The highest BCUT2D eigenvalue weighted by molar-refractivity contribution is 6.26. The smallest absolute Gasteiger partial charge is 0.258 e. The molecule has 0 spiro atoms. The van der Waals surface area contributed by atoms with E-state index in [0.29, 0.717) is 0 Å². The Labute approximate surface area is 432 Å². The Morgan fingerprint density at radius 3 is 0.520 bits per heavy atom. The molecule has 10 aromatic carbocycles. The monoisotopic (exact) mass is 975 g/mol. The lowest BCUT2D eigenvalue weighted by Crippen LogP contribution is -1.87. The Hall–Kier alpha value is -10.4. The van der Waals surface area contributed by atoms with Crippen molar-refractivity contribution in [1.29, 1.82) is 0 Å². The lowest BCUT2D eigenvalue weighted by atomic mass is 9.91. The third-order valence-electron chi connectivity index (χ3n) is 12.9. The highest BCUT2D eigenvalue weighted by Crippen LogP contribution is 2.38. The molecule has 0 heterocycles. The minimum atomic E-state index is -0.399. The van der Waals surface area contributed by atoms with Crippen LogP contribution in [0.5, 0.6) is 0 Å². The Kier molecular flexibility index (Phi) is 14.1. The lowest BCUT2D eigenvalue weighted by molar-refractivity contribution is -0.385. The highest BCUT2D eigenvalue weighted by Gasteiger charge is 2.11. The third kappa shape index (κ3) is 11.9. The average molecular weight is 976 g/mol. The maximum Gasteiger partial charge on any atom is 0.269 e. The summed E-state index contributed by atoms with van der Waals surface area (Å²) in [5, 5.41) is 40.0. The van der Waals surface area contributed by atoms with Crippen LogP contribution in [0.4, 0.5) is 17.1 Å². The molecule has 0 radical (unpaired) electrons. The summed E-state index contributed by atoms with van der Waals surface area (Å²) in [5.41, 5.74) is 12.3. The predicted octanol–water partition coefficient (Wildman–Crippen LogP) is 17.9. The summed E-state index contributed by atoms with van der Waals surface area (Å²) in [4.78, 5) is 31.9. The molecule has 0 amide bonds. The fourth-order valence-corrected chi connectivity index (χ4v) is 8.80. The minimum absolute atomic E-state index is 0.0670. The number of nitro groups is 3. The lowest BCUT2D eigenvalue weighted by Gasteiger charge is -2.13. The van der Waals surface area contributed by atoms with Crippen molar-refractivity contribution in [2.45, 2.75) is 0 Å². The van der Waals surface area contributed by atoms with Crippen LogP contribution in [-0.4, -0.2) is 14.8 Å². The molecule has 0 aromatic heterocycles. The SMILES string of the molecule is O=[N+]([O-])c1ccc(/C=C/c2ccc(/C=C/c3ccc4c(c3)c3ccc(/C=C/c5ccc(/C=C/c6ccc([N+](=O)[O-])cc6)cc5)cc3c3ccc(/C=C/c5ccc(/C=C/c6ccc([N+](=O)[O-])cc6)cc5)cc43)cc2)cc1. The van der Waals surface area contributed by atoms with E-state index in [1.165, 1.54) is 36.4 Å². The molecule has 0 bridgehead atoms. The quantitative estimate of drug-likeness (QED) is 0.0435. The number of nitro benzene ring substituents is 3. The van der Waals surface area contributed by atoms with Gasteiger partial charge in [-0.05, 0) is 154 Å². The molecule has 0 atom stereocenters. The molecule has 0 N–H and O–H groups in total. The summed E-state index contributed by atoms with van der Waals surface area (Å²) >= 11 is 0. The van der Waals surface area contributed by atoms with Gasteiger partial charge in [0.1, 0.15) is 0 Å². The maximum atomic E-state index is 11.0. The van der Waals surface area contributed by atoms with Gasteiger partial charge >= 0.3 is 0 Å². The molecule has 0 saturated carbocycles. The van der Waals surface area contributed by atoms with E-state index in [9.17, 15) is 30.3 Å². The highest BCUT2D eigenvalue weighted by atomic mass is 16.6. The second-order valence-corrected chi connectivity index (χ2v) is 18.0. The third-order valence-corrected chi connectivity index (χ3v) is 12.9. The summed E-state index contributed by atoms with van der Waals surface area (Å²) in [5.74, 6) is 0. The van der Waals surface area contributed by atoms with Gasteiger partial charge in [0, 0.05) is 36.4 Å². The number of hydrogen-bond donors (Lipinski definition) is 0. The van der Waals surface area contributed by atoms with Crippen LogP contribution < -0.4 is 0 Å². The van der Waals surface area contributed by atoms with Crippen LogP contribution in [0, 0.1) is 30.3 Å². The first-order valence-electron chi connectivity index (χ1n) is 24.1. The Bertz CT molecular complexity index is 3520. The molecule has 10 aromatic rings. The number of fused-ring (bicyclic) bond motifs is 6. The van der Waals surface area contributed by atoms with Crippen molar-refractivity contribution in [2.24, 2.45) is 0 Å². The predicted molar refractivity (Wildman–Crippen MR) is 311 cm³/mol. The van der Waals surface area contributed by atoms with Gasteiger partial charge in [-0.2, -0.15) is 0 Å².